The van der Waals surface area contributed by atoms with Crippen LogP contribution in [0.1, 0.15) is 43.4 Å². The van der Waals surface area contributed by atoms with Crippen LogP contribution in [0.2, 0.25) is 0 Å². The zero-order valence-corrected chi connectivity index (χ0v) is 17.7. The third-order valence-corrected chi connectivity index (χ3v) is 5.64. The normalized spacial score (nSPS) is 12.8. The fourth-order valence-electron chi connectivity index (χ4n) is 4.42. The summed E-state index contributed by atoms with van der Waals surface area (Å²) in [7, 11) is 1.76. The molecular weight excluding hydrogens is 354 g/mol. The van der Waals surface area contributed by atoms with Crippen molar-refractivity contribution in [2.45, 2.75) is 33.2 Å². The summed E-state index contributed by atoms with van der Waals surface area (Å²) in [4.78, 5) is 0. The highest BCUT2D eigenvalue weighted by atomic mass is 16.5. The molecule has 0 aliphatic carbocycles. The van der Waals surface area contributed by atoms with Gasteiger partial charge in [-0.3, -0.25) is 0 Å². The lowest BCUT2D eigenvalue weighted by Gasteiger charge is -2.32. The Bertz CT molecular complexity index is 1100. The van der Waals surface area contributed by atoms with E-state index in [4.69, 9.17) is 4.74 Å². The molecule has 2 heteroatoms. The first-order chi connectivity index (χ1) is 14.0. The van der Waals surface area contributed by atoms with Crippen molar-refractivity contribution < 1.29 is 4.74 Å². The summed E-state index contributed by atoms with van der Waals surface area (Å²) in [6.45, 7) is 7.80. The number of rotatable bonds is 5. The number of nitrogens with zero attached hydrogens (tertiary/aromatic N) is 1. The molecule has 0 spiro atoms. The maximum atomic E-state index is 5.75. The minimum absolute atomic E-state index is 0.0380. The summed E-state index contributed by atoms with van der Waals surface area (Å²) in [5.74, 6) is 1.17. The van der Waals surface area contributed by atoms with Crippen molar-refractivity contribution in [1.82, 2.24) is 4.57 Å². The minimum Gasteiger partial charge on any atom is -0.496 e. The Hall–Kier alpha value is -3.00. The fourth-order valence-corrected chi connectivity index (χ4v) is 4.42. The molecule has 1 heterocycles. The van der Waals surface area contributed by atoms with Gasteiger partial charge in [0.1, 0.15) is 5.75 Å². The largest absolute Gasteiger partial charge is 0.496 e. The van der Waals surface area contributed by atoms with Crippen molar-refractivity contribution in [3.05, 3.63) is 102 Å². The molecule has 0 aliphatic rings. The lowest BCUT2D eigenvalue weighted by atomic mass is 9.72. The second-order valence-corrected chi connectivity index (χ2v) is 8.76. The van der Waals surface area contributed by atoms with Crippen LogP contribution in [-0.4, -0.2) is 11.7 Å². The molecule has 0 saturated carbocycles. The maximum Gasteiger partial charge on any atom is 0.122 e. The van der Waals surface area contributed by atoms with Gasteiger partial charge in [0, 0.05) is 35.1 Å². The van der Waals surface area contributed by atoms with Gasteiger partial charge in [-0.2, -0.15) is 0 Å². The highest BCUT2D eigenvalue weighted by Gasteiger charge is 2.32. The Labute approximate surface area is 173 Å². The van der Waals surface area contributed by atoms with Crippen LogP contribution in [-0.2, 0) is 6.54 Å². The Morgan fingerprint density at radius 3 is 2.17 bits per heavy atom. The van der Waals surface area contributed by atoms with Gasteiger partial charge in [0.25, 0.3) is 0 Å². The molecule has 1 atom stereocenters. The highest BCUT2D eigenvalue weighted by molar-refractivity contribution is 5.85. The average molecular weight is 384 g/mol. The van der Waals surface area contributed by atoms with Crippen LogP contribution >= 0.6 is 0 Å². The summed E-state index contributed by atoms with van der Waals surface area (Å²) in [5, 5.41) is 1.31. The smallest absolute Gasteiger partial charge is 0.122 e. The third kappa shape index (κ3) is 3.80. The van der Waals surface area contributed by atoms with Crippen LogP contribution in [0.25, 0.3) is 10.9 Å². The van der Waals surface area contributed by atoms with Crippen LogP contribution < -0.4 is 4.74 Å². The molecule has 3 aromatic carbocycles. The number of fused-ring (bicyclic) bond motifs is 1. The van der Waals surface area contributed by atoms with Gasteiger partial charge in [-0.25, -0.2) is 0 Å². The Balaban J connectivity index is 1.91. The van der Waals surface area contributed by atoms with Gasteiger partial charge in [-0.05, 0) is 28.7 Å². The van der Waals surface area contributed by atoms with E-state index < -0.39 is 0 Å². The van der Waals surface area contributed by atoms with Gasteiger partial charge in [0.15, 0.2) is 0 Å². The molecule has 148 valence electrons. The molecule has 0 amide bonds. The molecule has 1 aromatic heterocycles. The molecule has 0 bridgehead atoms. The Morgan fingerprint density at radius 2 is 1.45 bits per heavy atom. The standard InChI is InChI=1S/C27H29NO/c1-27(2,3)26(22-15-9-11-17-25(22)29-4)23-19-28(18-20-12-6-5-7-13-20)24-16-10-8-14-21(23)24/h5-17,19,26H,18H2,1-4H3. The number of methoxy groups -OCH3 is 1. The number of para-hydroxylation sites is 2. The van der Waals surface area contributed by atoms with E-state index in [1.54, 1.807) is 7.11 Å². The van der Waals surface area contributed by atoms with Crippen LogP contribution in [0.4, 0.5) is 0 Å². The van der Waals surface area contributed by atoms with Crippen LogP contribution in [0.5, 0.6) is 5.75 Å². The molecular formula is C27H29NO. The van der Waals surface area contributed by atoms with Crippen molar-refractivity contribution in [3.63, 3.8) is 0 Å². The van der Waals surface area contributed by atoms with Gasteiger partial charge >= 0.3 is 0 Å². The monoisotopic (exact) mass is 383 g/mol. The number of benzene rings is 3. The van der Waals surface area contributed by atoms with Crippen molar-refractivity contribution in [1.29, 1.82) is 0 Å². The molecule has 4 aromatic rings. The second kappa shape index (κ2) is 7.79. The summed E-state index contributed by atoms with van der Waals surface area (Å²) < 4.78 is 8.13. The first-order valence-corrected chi connectivity index (χ1v) is 10.2. The minimum atomic E-state index is 0.0380. The Kier molecular flexibility index (Phi) is 5.19. The van der Waals surface area contributed by atoms with Crippen molar-refractivity contribution in [3.8, 4) is 5.75 Å². The van der Waals surface area contributed by atoms with Gasteiger partial charge in [0.2, 0.25) is 0 Å². The SMILES string of the molecule is COc1ccccc1C(c1cn(Cc2ccccc2)c2ccccc12)C(C)(C)C. The van der Waals surface area contributed by atoms with Gasteiger partial charge in [0.05, 0.1) is 7.11 Å². The quantitative estimate of drug-likeness (QED) is 0.366. The van der Waals surface area contributed by atoms with E-state index in [1.807, 2.05) is 6.07 Å². The van der Waals surface area contributed by atoms with E-state index >= 15 is 0 Å². The lowest BCUT2D eigenvalue weighted by molar-refractivity contribution is 0.342. The van der Waals surface area contributed by atoms with E-state index in [0.29, 0.717) is 0 Å². The molecule has 1 unspecified atom stereocenters. The molecule has 0 radical (unpaired) electrons. The first kappa shape index (κ1) is 19.3. The molecule has 0 N–H and O–H groups in total. The topological polar surface area (TPSA) is 14.2 Å². The molecule has 4 rings (SSSR count). The van der Waals surface area contributed by atoms with Crippen molar-refractivity contribution >= 4 is 10.9 Å². The first-order valence-electron chi connectivity index (χ1n) is 10.2. The summed E-state index contributed by atoms with van der Waals surface area (Å²) in [5.41, 5.74) is 5.22. The number of aromatic nitrogens is 1. The summed E-state index contributed by atoms with van der Waals surface area (Å²) >= 11 is 0. The average Bonchev–Trinajstić information content (AvgIpc) is 3.06. The zero-order chi connectivity index (χ0) is 20.4. The predicted molar refractivity (Wildman–Crippen MR) is 122 cm³/mol. The van der Waals surface area contributed by atoms with Crippen molar-refractivity contribution in [2.75, 3.05) is 7.11 Å². The summed E-state index contributed by atoms with van der Waals surface area (Å²) in [6.07, 6.45) is 2.35. The van der Waals surface area contributed by atoms with E-state index in [0.717, 1.165) is 12.3 Å². The number of hydrogen-bond acceptors (Lipinski definition) is 1. The van der Waals surface area contributed by atoms with Gasteiger partial charge in [-0.15, -0.1) is 0 Å². The molecule has 2 nitrogen and oxygen atoms in total. The lowest BCUT2D eigenvalue weighted by Crippen LogP contribution is -2.20. The van der Waals surface area contributed by atoms with E-state index in [2.05, 4.69) is 104 Å². The highest BCUT2D eigenvalue weighted by Crippen LogP contribution is 2.46. The number of hydrogen-bond donors (Lipinski definition) is 0. The van der Waals surface area contributed by atoms with Gasteiger partial charge < -0.3 is 9.30 Å². The zero-order valence-electron chi connectivity index (χ0n) is 17.7. The predicted octanol–water partition coefficient (Wildman–Crippen LogP) is 6.88. The van der Waals surface area contributed by atoms with E-state index in [9.17, 15) is 0 Å². The second-order valence-electron chi connectivity index (χ2n) is 8.76. The van der Waals surface area contributed by atoms with E-state index in [-0.39, 0.29) is 11.3 Å². The third-order valence-electron chi connectivity index (χ3n) is 5.64. The van der Waals surface area contributed by atoms with E-state index in [1.165, 1.54) is 27.6 Å². The van der Waals surface area contributed by atoms with Crippen LogP contribution in [0.3, 0.4) is 0 Å². The Morgan fingerprint density at radius 1 is 0.793 bits per heavy atom. The van der Waals surface area contributed by atoms with Crippen LogP contribution in [0.15, 0.2) is 85.1 Å². The molecule has 29 heavy (non-hydrogen) atoms. The van der Waals surface area contributed by atoms with Crippen molar-refractivity contribution in [2.24, 2.45) is 5.41 Å². The fraction of sp³-hybridized carbons (Fsp3) is 0.259. The number of ether oxygens (including phenoxy) is 1. The maximum absolute atomic E-state index is 5.75. The summed E-state index contributed by atoms with van der Waals surface area (Å²) in [6, 6.07) is 27.8. The molecule has 0 saturated heterocycles. The molecule has 0 fully saturated rings. The van der Waals surface area contributed by atoms with Crippen LogP contribution in [0, 0.1) is 5.41 Å². The molecule has 0 aliphatic heterocycles. The van der Waals surface area contributed by atoms with Gasteiger partial charge in [-0.1, -0.05) is 87.5 Å².